The van der Waals surface area contributed by atoms with Crippen LogP contribution in [0.3, 0.4) is 0 Å². The topological polar surface area (TPSA) is 87.3 Å². The fraction of sp³-hybridized carbons (Fsp3) is 0.500. The largest absolute Gasteiger partial charge is 0.350 e. The minimum absolute atomic E-state index is 0. The molecule has 6 nitrogen and oxygen atoms in total. The molecule has 1 atom stereocenters. The van der Waals surface area contributed by atoms with Gasteiger partial charge < -0.3 is 10.6 Å². The van der Waals surface area contributed by atoms with Crippen molar-refractivity contribution in [1.82, 2.24) is 10.6 Å². The van der Waals surface area contributed by atoms with E-state index in [1.807, 2.05) is 14.0 Å². The van der Waals surface area contributed by atoms with Gasteiger partial charge in [0.05, 0.1) is 17.0 Å². The van der Waals surface area contributed by atoms with E-state index in [1.54, 1.807) is 31.2 Å². The lowest BCUT2D eigenvalue weighted by atomic mass is 10.1. The highest BCUT2D eigenvalue weighted by atomic mass is 35.5. The van der Waals surface area contributed by atoms with E-state index in [1.165, 1.54) is 0 Å². The van der Waals surface area contributed by atoms with Crippen LogP contribution in [0.5, 0.6) is 0 Å². The lowest BCUT2D eigenvalue weighted by Crippen LogP contribution is -2.37. The summed E-state index contributed by atoms with van der Waals surface area (Å²) in [5, 5.41) is 5.79. The van der Waals surface area contributed by atoms with E-state index in [9.17, 15) is 13.2 Å². The summed E-state index contributed by atoms with van der Waals surface area (Å²) in [6.45, 7) is 4.19. The van der Waals surface area contributed by atoms with Crippen molar-refractivity contribution in [3.05, 3.63) is 29.8 Å². The van der Waals surface area contributed by atoms with E-state index in [4.69, 9.17) is 0 Å². The molecule has 1 unspecified atom stereocenters. The lowest BCUT2D eigenvalue weighted by molar-refractivity contribution is 0.0951. The molecule has 1 amide bonds. The number of amides is 1. The van der Waals surface area contributed by atoms with E-state index in [0.29, 0.717) is 24.2 Å². The zero-order valence-corrected chi connectivity index (χ0v) is 14.7. The molecule has 0 saturated carbocycles. The number of anilines is 1. The summed E-state index contributed by atoms with van der Waals surface area (Å²) in [5.41, 5.74) is 0.626. The molecule has 0 heterocycles. The van der Waals surface area contributed by atoms with Gasteiger partial charge in [-0.1, -0.05) is 19.1 Å². The molecule has 0 bridgehead atoms. The Morgan fingerprint density at radius 3 is 2.50 bits per heavy atom. The van der Waals surface area contributed by atoms with Gasteiger partial charge in [0.2, 0.25) is 10.0 Å². The molecule has 0 aliphatic rings. The maximum absolute atomic E-state index is 12.2. The van der Waals surface area contributed by atoms with Crippen LogP contribution in [0.2, 0.25) is 0 Å². The Labute approximate surface area is 138 Å². The second-order valence-electron chi connectivity index (χ2n) is 4.87. The third-order valence-corrected chi connectivity index (χ3v) is 4.45. The van der Waals surface area contributed by atoms with Crippen molar-refractivity contribution in [1.29, 1.82) is 0 Å². The number of hydrogen-bond donors (Lipinski definition) is 3. The first-order valence-electron chi connectivity index (χ1n) is 6.94. The molecule has 1 aromatic rings. The van der Waals surface area contributed by atoms with Crippen LogP contribution in [0.15, 0.2) is 24.3 Å². The van der Waals surface area contributed by atoms with Crippen molar-refractivity contribution in [2.24, 2.45) is 0 Å². The van der Waals surface area contributed by atoms with Crippen LogP contribution < -0.4 is 15.4 Å². The maximum atomic E-state index is 12.2. The second kappa shape index (κ2) is 9.66. The fourth-order valence-corrected chi connectivity index (χ4v) is 2.85. The number of halogens is 1. The van der Waals surface area contributed by atoms with Crippen LogP contribution in [0, 0.1) is 0 Å². The van der Waals surface area contributed by atoms with Crippen molar-refractivity contribution in [2.75, 3.05) is 24.1 Å². The molecule has 1 aromatic carbocycles. The number of sulfonamides is 1. The summed E-state index contributed by atoms with van der Waals surface area (Å²) in [7, 11) is -1.61. The molecular weight excluding hydrogens is 326 g/mol. The lowest BCUT2D eigenvalue weighted by Gasteiger charge is -2.14. The maximum Gasteiger partial charge on any atom is 0.253 e. The molecule has 22 heavy (non-hydrogen) atoms. The van der Waals surface area contributed by atoms with E-state index in [-0.39, 0.29) is 30.1 Å². The van der Waals surface area contributed by atoms with Crippen molar-refractivity contribution in [3.8, 4) is 0 Å². The Bertz CT molecular complexity index is 578. The summed E-state index contributed by atoms with van der Waals surface area (Å²) in [4.78, 5) is 12.2. The Morgan fingerprint density at radius 1 is 1.27 bits per heavy atom. The van der Waals surface area contributed by atoms with E-state index in [0.717, 1.165) is 0 Å². The molecule has 0 saturated heterocycles. The van der Waals surface area contributed by atoms with Crippen LogP contribution in [-0.2, 0) is 10.0 Å². The third kappa shape index (κ3) is 6.64. The number of nitrogens with one attached hydrogen (secondary N) is 3. The number of carbonyl (C=O) groups is 1. The zero-order valence-electron chi connectivity index (χ0n) is 13.0. The molecule has 0 spiro atoms. The van der Waals surface area contributed by atoms with Gasteiger partial charge >= 0.3 is 0 Å². The molecule has 0 aromatic heterocycles. The third-order valence-electron chi connectivity index (χ3n) is 2.97. The average molecular weight is 350 g/mol. The molecule has 0 aliphatic carbocycles. The van der Waals surface area contributed by atoms with Crippen molar-refractivity contribution < 1.29 is 13.2 Å². The van der Waals surface area contributed by atoms with Crippen LogP contribution >= 0.6 is 12.4 Å². The van der Waals surface area contributed by atoms with Gasteiger partial charge in [-0.3, -0.25) is 9.52 Å². The predicted octanol–water partition coefficient (Wildman–Crippen LogP) is 1.60. The van der Waals surface area contributed by atoms with Gasteiger partial charge in [-0.05, 0) is 32.5 Å². The standard InChI is InChI=1S/C14H23N3O3S.ClH/c1-4-9-21(19,20)17-13-8-6-5-7-12(13)14(18)16-10-11(2)15-3;/h5-8,11,15,17H,4,9-10H2,1-3H3,(H,16,18);1H. The van der Waals surface area contributed by atoms with Crippen molar-refractivity contribution >= 4 is 34.0 Å². The highest BCUT2D eigenvalue weighted by Gasteiger charge is 2.16. The Balaban J connectivity index is 0.00000441. The molecule has 3 N–H and O–H groups in total. The van der Waals surface area contributed by atoms with Crippen LogP contribution in [0.4, 0.5) is 5.69 Å². The summed E-state index contributed by atoms with van der Waals surface area (Å²) >= 11 is 0. The van der Waals surface area contributed by atoms with E-state index in [2.05, 4.69) is 15.4 Å². The van der Waals surface area contributed by atoms with Gasteiger partial charge in [0.15, 0.2) is 0 Å². The first kappa shape index (κ1) is 20.7. The van der Waals surface area contributed by atoms with Crippen LogP contribution in [-0.4, -0.2) is 39.7 Å². The van der Waals surface area contributed by atoms with Gasteiger partial charge in [-0.2, -0.15) is 0 Å². The average Bonchev–Trinajstić information content (AvgIpc) is 2.44. The summed E-state index contributed by atoms with van der Waals surface area (Å²) in [6, 6.07) is 6.72. The van der Waals surface area contributed by atoms with Crippen molar-refractivity contribution in [3.63, 3.8) is 0 Å². The first-order valence-corrected chi connectivity index (χ1v) is 8.59. The summed E-state index contributed by atoms with van der Waals surface area (Å²) in [6.07, 6.45) is 0.517. The Kier molecular flexibility index (Phi) is 9.08. The second-order valence-corrected chi connectivity index (χ2v) is 6.71. The van der Waals surface area contributed by atoms with Gasteiger partial charge in [-0.15, -0.1) is 12.4 Å². The number of hydrogen-bond acceptors (Lipinski definition) is 4. The Morgan fingerprint density at radius 2 is 1.91 bits per heavy atom. The molecule has 0 radical (unpaired) electrons. The minimum Gasteiger partial charge on any atom is -0.350 e. The fourth-order valence-electron chi connectivity index (χ4n) is 1.70. The summed E-state index contributed by atoms with van der Waals surface area (Å²) < 4.78 is 26.1. The molecule has 0 fully saturated rings. The van der Waals surface area contributed by atoms with Crippen LogP contribution in [0.1, 0.15) is 30.6 Å². The zero-order chi connectivity index (χ0) is 15.9. The number of para-hydroxylation sites is 1. The SMILES string of the molecule is CCCS(=O)(=O)Nc1ccccc1C(=O)NCC(C)NC.Cl. The first-order chi connectivity index (χ1) is 9.89. The van der Waals surface area contributed by atoms with Crippen LogP contribution in [0.25, 0.3) is 0 Å². The monoisotopic (exact) mass is 349 g/mol. The molecule has 8 heteroatoms. The van der Waals surface area contributed by atoms with E-state index >= 15 is 0 Å². The van der Waals surface area contributed by atoms with Gasteiger partial charge in [-0.25, -0.2) is 8.42 Å². The minimum atomic E-state index is -3.42. The van der Waals surface area contributed by atoms with Crippen molar-refractivity contribution in [2.45, 2.75) is 26.3 Å². The summed E-state index contributed by atoms with van der Waals surface area (Å²) in [5.74, 6) is -0.272. The number of likely N-dealkylation sites (N-methyl/N-ethyl adjacent to an activating group) is 1. The number of carbonyl (C=O) groups excluding carboxylic acids is 1. The molecule has 1 rings (SSSR count). The van der Waals surface area contributed by atoms with Gasteiger partial charge in [0.25, 0.3) is 5.91 Å². The highest BCUT2D eigenvalue weighted by molar-refractivity contribution is 7.92. The quantitative estimate of drug-likeness (QED) is 0.665. The highest BCUT2D eigenvalue weighted by Crippen LogP contribution is 2.16. The Hall–Kier alpha value is -1.31. The number of rotatable bonds is 8. The molecule has 0 aliphatic heterocycles. The van der Waals surface area contributed by atoms with E-state index < -0.39 is 10.0 Å². The molecule has 126 valence electrons. The van der Waals surface area contributed by atoms with Gasteiger partial charge in [0, 0.05) is 12.6 Å². The smallest absolute Gasteiger partial charge is 0.253 e. The molecular formula is C14H24ClN3O3S. The normalized spacial score (nSPS) is 12.1. The number of benzene rings is 1. The van der Waals surface area contributed by atoms with Gasteiger partial charge in [0.1, 0.15) is 0 Å². The predicted molar refractivity (Wildman–Crippen MR) is 92.2 cm³/mol.